The second kappa shape index (κ2) is 10.7. The van der Waals surface area contributed by atoms with E-state index in [4.69, 9.17) is 16.3 Å². The van der Waals surface area contributed by atoms with Gasteiger partial charge in [-0.05, 0) is 61.0 Å². The van der Waals surface area contributed by atoms with Crippen LogP contribution in [-0.4, -0.2) is 29.4 Å². The van der Waals surface area contributed by atoms with E-state index in [1.54, 1.807) is 19.1 Å². The molecule has 0 radical (unpaired) electrons. The van der Waals surface area contributed by atoms with Crippen LogP contribution in [0.5, 0.6) is 5.75 Å². The fourth-order valence-electron chi connectivity index (χ4n) is 2.29. The number of anilines is 2. The van der Waals surface area contributed by atoms with Gasteiger partial charge in [-0.1, -0.05) is 29.3 Å². The molecule has 0 aliphatic heterocycles. The number of rotatable bonds is 8. The molecule has 2 aromatic rings. The molecule has 5 nitrogen and oxygen atoms in total. The summed E-state index contributed by atoms with van der Waals surface area (Å²) in [7, 11) is 0. The van der Waals surface area contributed by atoms with E-state index in [-0.39, 0.29) is 17.6 Å². The number of halogens is 2. The smallest absolute Gasteiger partial charge is 0.237 e. The van der Waals surface area contributed by atoms with Gasteiger partial charge >= 0.3 is 0 Å². The van der Waals surface area contributed by atoms with Gasteiger partial charge in [-0.15, -0.1) is 11.8 Å². The zero-order chi connectivity index (χ0) is 20.7. The predicted molar refractivity (Wildman–Crippen MR) is 121 cm³/mol. The highest BCUT2D eigenvalue weighted by atomic mass is 79.9. The maximum atomic E-state index is 12.5. The lowest BCUT2D eigenvalue weighted by molar-refractivity contribution is -0.115. The number of ether oxygens (including phenoxy) is 1. The first kappa shape index (κ1) is 22.6. The molecule has 1 unspecified atom stereocenters. The van der Waals surface area contributed by atoms with Gasteiger partial charge in [0, 0.05) is 10.7 Å². The molecular weight excluding hydrogens is 464 g/mol. The summed E-state index contributed by atoms with van der Waals surface area (Å²) in [6.45, 7) is 6.04. The first-order chi connectivity index (χ1) is 13.3. The molecule has 8 heteroatoms. The molecule has 0 fully saturated rings. The lowest BCUT2D eigenvalue weighted by Crippen LogP contribution is -2.25. The van der Waals surface area contributed by atoms with Crippen molar-refractivity contribution in [2.45, 2.75) is 26.0 Å². The minimum absolute atomic E-state index is 0.158. The van der Waals surface area contributed by atoms with Crippen LogP contribution in [0.1, 0.15) is 19.4 Å². The van der Waals surface area contributed by atoms with Crippen molar-refractivity contribution < 1.29 is 14.3 Å². The van der Waals surface area contributed by atoms with Crippen molar-refractivity contribution in [2.75, 3.05) is 23.0 Å². The Labute approximate surface area is 182 Å². The number of amides is 2. The Morgan fingerprint density at radius 3 is 2.54 bits per heavy atom. The van der Waals surface area contributed by atoms with Gasteiger partial charge in [-0.25, -0.2) is 0 Å². The van der Waals surface area contributed by atoms with Crippen LogP contribution in [0.15, 0.2) is 40.9 Å². The minimum atomic E-state index is -0.434. The maximum absolute atomic E-state index is 12.5. The highest BCUT2D eigenvalue weighted by Gasteiger charge is 2.19. The molecule has 28 heavy (non-hydrogen) atoms. The van der Waals surface area contributed by atoms with E-state index in [9.17, 15) is 9.59 Å². The maximum Gasteiger partial charge on any atom is 0.237 e. The van der Waals surface area contributed by atoms with Crippen molar-refractivity contribution in [3.63, 3.8) is 0 Å². The average Bonchev–Trinajstić information content (AvgIpc) is 2.64. The Kier molecular flexibility index (Phi) is 8.66. The number of benzene rings is 2. The second-order valence-electron chi connectivity index (χ2n) is 6.05. The molecule has 0 aliphatic rings. The van der Waals surface area contributed by atoms with Gasteiger partial charge in [-0.2, -0.15) is 0 Å². The van der Waals surface area contributed by atoms with Crippen molar-refractivity contribution >= 4 is 62.5 Å². The summed E-state index contributed by atoms with van der Waals surface area (Å²) >= 11 is 10.7. The van der Waals surface area contributed by atoms with Crippen LogP contribution >= 0.6 is 39.3 Å². The monoisotopic (exact) mass is 484 g/mol. The number of nitrogens with one attached hydrogen (secondary N) is 2. The highest BCUT2D eigenvalue weighted by Crippen LogP contribution is 2.37. The zero-order valence-electron chi connectivity index (χ0n) is 15.8. The van der Waals surface area contributed by atoms with Crippen molar-refractivity contribution in [3.8, 4) is 5.75 Å². The Hall–Kier alpha value is -1.70. The molecule has 150 valence electrons. The van der Waals surface area contributed by atoms with Gasteiger partial charge < -0.3 is 15.4 Å². The molecule has 2 aromatic carbocycles. The fraction of sp³-hybridized carbons (Fsp3) is 0.300. The van der Waals surface area contributed by atoms with Crippen LogP contribution in [0.3, 0.4) is 0 Å². The molecule has 0 saturated heterocycles. The van der Waals surface area contributed by atoms with E-state index in [0.29, 0.717) is 27.5 Å². The third-order valence-corrected chi connectivity index (χ3v) is 5.67. The number of carbonyl (C=O) groups excluding carboxylic acids is 2. The first-order valence-electron chi connectivity index (χ1n) is 8.71. The summed E-state index contributed by atoms with van der Waals surface area (Å²) in [6.07, 6.45) is 0. The predicted octanol–water partition coefficient (Wildman–Crippen LogP) is 5.51. The minimum Gasteiger partial charge on any atom is -0.491 e. The summed E-state index contributed by atoms with van der Waals surface area (Å²) < 4.78 is 6.25. The lowest BCUT2D eigenvalue weighted by atomic mass is 10.2. The Morgan fingerprint density at radius 2 is 1.89 bits per heavy atom. The highest BCUT2D eigenvalue weighted by molar-refractivity contribution is 9.10. The van der Waals surface area contributed by atoms with Gasteiger partial charge in [-0.3, -0.25) is 9.59 Å². The second-order valence-corrected chi connectivity index (χ2v) is 8.67. The number of carbonyl (C=O) groups is 2. The first-order valence-corrected chi connectivity index (χ1v) is 10.9. The Balaban J connectivity index is 1.92. The molecule has 0 aromatic heterocycles. The van der Waals surface area contributed by atoms with E-state index in [1.165, 1.54) is 11.8 Å². The van der Waals surface area contributed by atoms with Crippen LogP contribution in [0.25, 0.3) is 0 Å². The van der Waals surface area contributed by atoms with E-state index >= 15 is 0 Å². The molecule has 0 heterocycles. The summed E-state index contributed by atoms with van der Waals surface area (Å²) in [5, 5.41) is 5.69. The number of aryl methyl sites for hydroxylation is 1. The molecule has 0 saturated carbocycles. The molecule has 2 amide bonds. The van der Waals surface area contributed by atoms with Crippen molar-refractivity contribution in [3.05, 3.63) is 51.5 Å². The zero-order valence-corrected chi connectivity index (χ0v) is 19.0. The number of thioether (sulfide) groups is 1. The number of hydrogen-bond donors (Lipinski definition) is 2. The lowest BCUT2D eigenvalue weighted by Gasteiger charge is -2.16. The van der Waals surface area contributed by atoms with Crippen LogP contribution in [0.2, 0.25) is 5.02 Å². The fourth-order valence-corrected chi connectivity index (χ4v) is 3.90. The van der Waals surface area contributed by atoms with Crippen molar-refractivity contribution in [1.29, 1.82) is 0 Å². The quantitative estimate of drug-likeness (QED) is 0.517. The standard InChI is InChI=1S/C20H22BrClN2O3S/c1-4-27-19-16(21)9-14(22)10-17(19)24-20(26)13(3)28-11-18(25)23-15-7-5-12(2)6-8-15/h5-10,13H,4,11H2,1-3H3,(H,23,25)(H,24,26). The molecule has 0 spiro atoms. The third kappa shape index (κ3) is 6.72. The molecule has 0 aliphatic carbocycles. The third-order valence-electron chi connectivity index (χ3n) is 3.72. The van der Waals surface area contributed by atoms with E-state index < -0.39 is 5.25 Å². The van der Waals surface area contributed by atoms with Crippen molar-refractivity contribution in [1.82, 2.24) is 0 Å². The molecule has 0 bridgehead atoms. The average molecular weight is 486 g/mol. The topological polar surface area (TPSA) is 67.4 Å². The van der Waals surface area contributed by atoms with E-state index in [1.807, 2.05) is 38.1 Å². The molecule has 2 rings (SSSR count). The Bertz CT molecular complexity index is 846. The molecule has 2 N–H and O–H groups in total. The molecule has 1 atom stereocenters. The summed E-state index contributed by atoms with van der Waals surface area (Å²) in [6, 6.07) is 10.9. The largest absolute Gasteiger partial charge is 0.491 e. The van der Waals surface area contributed by atoms with Gasteiger partial charge in [0.1, 0.15) is 0 Å². The summed E-state index contributed by atoms with van der Waals surface area (Å²) in [5.74, 6) is 0.298. The summed E-state index contributed by atoms with van der Waals surface area (Å²) in [4.78, 5) is 24.6. The van der Waals surface area contributed by atoms with Gasteiger partial charge in [0.15, 0.2) is 5.75 Å². The van der Waals surface area contributed by atoms with Gasteiger partial charge in [0.05, 0.1) is 27.8 Å². The van der Waals surface area contributed by atoms with Crippen molar-refractivity contribution in [2.24, 2.45) is 0 Å². The van der Waals surface area contributed by atoms with Gasteiger partial charge in [0.25, 0.3) is 0 Å². The van der Waals surface area contributed by atoms with Gasteiger partial charge in [0.2, 0.25) is 11.8 Å². The van der Waals surface area contributed by atoms with E-state index in [2.05, 4.69) is 26.6 Å². The van der Waals surface area contributed by atoms with Crippen LogP contribution in [-0.2, 0) is 9.59 Å². The Morgan fingerprint density at radius 1 is 1.21 bits per heavy atom. The van der Waals surface area contributed by atoms with Crippen LogP contribution in [0, 0.1) is 6.92 Å². The SMILES string of the molecule is CCOc1c(Br)cc(Cl)cc1NC(=O)C(C)SCC(=O)Nc1ccc(C)cc1. The normalized spacial score (nSPS) is 11.6. The van der Waals surface area contributed by atoms with Crippen LogP contribution < -0.4 is 15.4 Å². The van der Waals surface area contributed by atoms with Crippen LogP contribution in [0.4, 0.5) is 11.4 Å². The van der Waals surface area contributed by atoms with E-state index in [0.717, 1.165) is 11.3 Å². The number of hydrogen-bond acceptors (Lipinski definition) is 4. The molecular formula is C20H22BrClN2O3S. The summed E-state index contributed by atoms with van der Waals surface area (Å²) in [5.41, 5.74) is 2.35.